The maximum absolute atomic E-state index is 13.7. The summed E-state index contributed by atoms with van der Waals surface area (Å²) >= 11 is 0. The molecule has 4 aromatic rings. The summed E-state index contributed by atoms with van der Waals surface area (Å²) in [6, 6.07) is 5.31. The number of hydrogen-bond acceptors (Lipinski definition) is 7. The Morgan fingerprint density at radius 3 is 2.62 bits per heavy atom. The first-order valence-corrected chi connectivity index (χ1v) is 13.2. The molecule has 39 heavy (non-hydrogen) atoms. The van der Waals surface area contributed by atoms with Gasteiger partial charge in [-0.3, -0.25) is 10.1 Å². The Morgan fingerprint density at radius 2 is 1.95 bits per heavy atom. The number of likely N-dealkylation sites (tertiary alicyclic amines) is 1. The van der Waals surface area contributed by atoms with Crippen LogP contribution < -0.4 is 9.64 Å². The Bertz CT molecular complexity index is 1490. The molecule has 2 saturated heterocycles. The highest BCUT2D eigenvalue weighted by Crippen LogP contribution is 2.43. The number of H-pyrrole nitrogens is 1. The standard InChI is InChI=1S/C27H29F3N8O/c1-39-22-7-18(11-38-25(22)32-16-33-38)23-20(8-27(28,29)30)24(35-34-23)21-6-5-19(9-31-21)37-14-26(15-37)12-36(13-26)10-17-3-2-4-17/h5-7,9,11,16-17H,2-4,8,10,12-15H2,1H3,(H,34,35). The van der Waals surface area contributed by atoms with Crippen LogP contribution in [0.3, 0.4) is 0 Å². The Balaban J connectivity index is 1.11. The maximum Gasteiger partial charge on any atom is 0.393 e. The summed E-state index contributed by atoms with van der Waals surface area (Å²) in [5.41, 5.74) is 3.12. The van der Waals surface area contributed by atoms with E-state index in [4.69, 9.17) is 4.74 Å². The number of anilines is 1. The van der Waals surface area contributed by atoms with E-state index in [9.17, 15) is 13.2 Å². The van der Waals surface area contributed by atoms with Gasteiger partial charge in [0.1, 0.15) is 12.0 Å². The maximum atomic E-state index is 13.7. The summed E-state index contributed by atoms with van der Waals surface area (Å²) in [6.07, 6.45) is 3.25. The molecule has 3 fully saturated rings. The van der Waals surface area contributed by atoms with E-state index >= 15 is 0 Å². The zero-order valence-electron chi connectivity index (χ0n) is 21.6. The van der Waals surface area contributed by atoms with Gasteiger partial charge in [-0.1, -0.05) is 6.42 Å². The molecule has 0 atom stereocenters. The highest BCUT2D eigenvalue weighted by molar-refractivity contribution is 5.75. The van der Waals surface area contributed by atoms with Crippen LogP contribution in [0.4, 0.5) is 18.9 Å². The molecule has 0 amide bonds. The van der Waals surface area contributed by atoms with E-state index < -0.39 is 12.6 Å². The summed E-state index contributed by atoms with van der Waals surface area (Å²) in [5, 5.41) is 11.2. The number of pyridine rings is 2. The second-order valence-electron chi connectivity index (χ2n) is 11.3. The van der Waals surface area contributed by atoms with Crippen molar-refractivity contribution in [3.05, 3.63) is 42.5 Å². The summed E-state index contributed by atoms with van der Waals surface area (Å²) < 4.78 is 47.9. The van der Waals surface area contributed by atoms with E-state index in [0.717, 1.165) is 37.8 Å². The molecular weight excluding hydrogens is 509 g/mol. The van der Waals surface area contributed by atoms with Gasteiger partial charge in [-0.05, 0) is 37.0 Å². The normalized spacial score (nSPS) is 19.2. The molecule has 204 valence electrons. The summed E-state index contributed by atoms with van der Waals surface area (Å²) in [7, 11) is 1.48. The van der Waals surface area contributed by atoms with Crippen LogP contribution in [0.5, 0.6) is 5.75 Å². The molecule has 9 nitrogen and oxygen atoms in total. The fraction of sp³-hybridized carbons (Fsp3) is 0.481. The van der Waals surface area contributed by atoms with Crippen molar-refractivity contribution in [2.75, 3.05) is 44.7 Å². The van der Waals surface area contributed by atoms with Gasteiger partial charge < -0.3 is 14.5 Å². The lowest BCUT2D eigenvalue weighted by molar-refractivity contribution is -0.127. The molecule has 4 aromatic heterocycles. The van der Waals surface area contributed by atoms with E-state index in [1.807, 2.05) is 6.07 Å². The van der Waals surface area contributed by atoms with Gasteiger partial charge in [0.25, 0.3) is 0 Å². The lowest BCUT2D eigenvalue weighted by Gasteiger charge is -2.61. The number of nitrogens with one attached hydrogen (secondary N) is 1. The predicted octanol–water partition coefficient (Wildman–Crippen LogP) is 4.22. The van der Waals surface area contributed by atoms with Crippen molar-refractivity contribution >= 4 is 11.3 Å². The second-order valence-corrected chi connectivity index (χ2v) is 11.3. The Labute approximate surface area is 223 Å². The van der Waals surface area contributed by atoms with Crippen molar-refractivity contribution in [2.45, 2.75) is 31.9 Å². The van der Waals surface area contributed by atoms with Crippen LogP contribution in [0.1, 0.15) is 24.8 Å². The number of ether oxygens (including phenoxy) is 1. The second kappa shape index (κ2) is 8.94. The first kappa shape index (κ1) is 24.4. The van der Waals surface area contributed by atoms with Crippen molar-refractivity contribution < 1.29 is 17.9 Å². The fourth-order valence-electron chi connectivity index (χ4n) is 6.30. The number of alkyl halides is 3. The quantitative estimate of drug-likeness (QED) is 0.377. The molecule has 6 heterocycles. The van der Waals surface area contributed by atoms with Gasteiger partial charge in [0.15, 0.2) is 11.4 Å². The zero-order chi connectivity index (χ0) is 26.8. The molecule has 1 N–H and O–H groups in total. The largest absolute Gasteiger partial charge is 0.493 e. The van der Waals surface area contributed by atoms with Crippen molar-refractivity contribution in [3.8, 4) is 28.4 Å². The lowest BCUT2D eigenvalue weighted by Crippen LogP contribution is -2.72. The summed E-state index contributed by atoms with van der Waals surface area (Å²) in [4.78, 5) is 13.5. The number of rotatable bonds is 7. The molecule has 1 spiro atoms. The first-order valence-electron chi connectivity index (χ1n) is 13.2. The monoisotopic (exact) mass is 538 g/mol. The van der Waals surface area contributed by atoms with Crippen molar-refractivity contribution in [1.82, 2.24) is 34.7 Å². The van der Waals surface area contributed by atoms with Crippen LogP contribution >= 0.6 is 0 Å². The number of fused-ring (bicyclic) bond motifs is 1. The number of methoxy groups -OCH3 is 1. The summed E-state index contributed by atoms with van der Waals surface area (Å²) in [5.74, 6) is 1.29. The average Bonchev–Trinajstić information content (AvgIpc) is 3.46. The Morgan fingerprint density at radius 1 is 1.13 bits per heavy atom. The smallest absolute Gasteiger partial charge is 0.393 e. The minimum absolute atomic E-state index is 0.0215. The highest BCUT2D eigenvalue weighted by atomic mass is 19.4. The third-order valence-electron chi connectivity index (χ3n) is 8.36. The van der Waals surface area contributed by atoms with E-state index in [2.05, 4.69) is 35.1 Å². The van der Waals surface area contributed by atoms with Gasteiger partial charge in [-0.25, -0.2) is 9.50 Å². The molecule has 7 rings (SSSR count). The van der Waals surface area contributed by atoms with Crippen LogP contribution in [-0.2, 0) is 6.42 Å². The van der Waals surface area contributed by atoms with Gasteiger partial charge in [0.2, 0.25) is 0 Å². The Hall–Kier alpha value is -3.67. The van der Waals surface area contributed by atoms with E-state index in [1.54, 1.807) is 24.5 Å². The minimum Gasteiger partial charge on any atom is -0.493 e. The van der Waals surface area contributed by atoms with Crippen molar-refractivity contribution in [1.29, 1.82) is 0 Å². The van der Waals surface area contributed by atoms with E-state index in [-0.39, 0.29) is 17.0 Å². The SMILES string of the molecule is COc1cc(-c2[nH]nc(-c3ccc(N4CC5(CN(CC6CCC6)C5)C4)cn3)c2CC(F)(F)F)cn2ncnc12. The first-order chi connectivity index (χ1) is 18.8. The van der Waals surface area contributed by atoms with Crippen LogP contribution in [0, 0.1) is 11.3 Å². The molecule has 12 heteroatoms. The molecule has 1 saturated carbocycles. The number of aromatic amines is 1. The third-order valence-corrected chi connectivity index (χ3v) is 8.36. The van der Waals surface area contributed by atoms with Crippen molar-refractivity contribution in [2.24, 2.45) is 11.3 Å². The molecule has 0 bridgehead atoms. The predicted molar refractivity (Wildman–Crippen MR) is 139 cm³/mol. The molecule has 0 aromatic carbocycles. The van der Waals surface area contributed by atoms with Crippen LogP contribution in [0.2, 0.25) is 0 Å². The minimum atomic E-state index is -4.43. The van der Waals surface area contributed by atoms with Gasteiger partial charge in [0.05, 0.1) is 36.8 Å². The molecule has 3 aliphatic rings. The third kappa shape index (κ3) is 4.40. The highest BCUT2D eigenvalue weighted by Gasteiger charge is 2.52. The Kier molecular flexibility index (Phi) is 5.58. The summed E-state index contributed by atoms with van der Waals surface area (Å²) in [6.45, 7) is 5.55. The van der Waals surface area contributed by atoms with Gasteiger partial charge in [0, 0.05) is 55.5 Å². The molecule has 0 radical (unpaired) electrons. The number of aromatic nitrogens is 6. The average molecular weight is 539 g/mol. The van der Waals surface area contributed by atoms with Crippen LogP contribution in [0.15, 0.2) is 36.9 Å². The van der Waals surface area contributed by atoms with Crippen molar-refractivity contribution in [3.63, 3.8) is 0 Å². The van der Waals surface area contributed by atoms with E-state index in [1.165, 1.54) is 43.8 Å². The molecule has 0 unspecified atom stereocenters. The van der Waals surface area contributed by atoms with E-state index in [0.29, 0.717) is 28.1 Å². The topological polar surface area (TPSA) is 87.5 Å². The lowest BCUT2D eigenvalue weighted by atomic mass is 9.71. The number of halogens is 3. The van der Waals surface area contributed by atoms with Gasteiger partial charge >= 0.3 is 6.18 Å². The van der Waals surface area contributed by atoms with Crippen LogP contribution in [-0.4, -0.2) is 80.7 Å². The fourth-order valence-corrected chi connectivity index (χ4v) is 6.30. The number of hydrogen-bond donors (Lipinski definition) is 1. The molecule has 2 aliphatic heterocycles. The molecule has 1 aliphatic carbocycles. The van der Waals surface area contributed by atoms with Gasteiger partial charge in [-0.15, -0.1) is 0 Å². The zero-order valence-corrected chi connectivity index (χ0v) is 21.6. The number of nitrogens with zero attached hydrogens (tertiary/aromatic N) is 7. The molecular formula is C27H29F3N8O. The van der Waals surface area contributed by atoms with Crippen LogP contribution in [0.25, 0.3) is 28.3 Å². The van der Waals surface area contributed by atoms with Gasteiger partial charge in [-0.2, -0.15) is 23.4 Å².